The molecule has 6 heteroatoms. The lowest BCUT2D eigenvalue weighted by Crippen LogP contribution is -2.64. The molecule has 1 aliphatic rings. The van der Waals surface area contributed by atoms with Crippen LogP contribution in [0.25, 0.3) is 0 Å². The first-order valence-electron chi connectivity index (χ1n) is 8.65. The molecule has 140 valence electrons. The lowest BCUT2D eigenvalue weighted by atomic mass is 9.96. The zero-order chi connectivity index (χ0) is 18.7. The maximum absolute atomic E-state index is 12.4. The number of amides is 1. The fraction of sp³-hybridized carbons (Fsp3) is 0.632. The third kappa shape index (κ3) is 5.17. The third-order valence-corrected chi connectivity index (χ3v) is 4.37. The molecule has 0 saturated carbocycles. The summed E-state index contributed by atoms with van der Waals surface area (Å²) in [6.45, 7) is 6.62. The molecule has 1 N–H and O–H groups in total. The number of likely N-dealkylation sites (tertiary alicyclic amines) is 1. The van der Waals surface area contributed by atoms with Crippen molar-refractivity contribution in [2.24, 2.45) is 0 Å². The summed E-state index contributed by atoms with van der Waals surface area (Å²) in [7, 11) is 3.64. The number of carbonyl (C=O) groups is 1. The molecule has 2 unspecified atom stereocenters. The molecular formula is C19H30N2O4. The molecule has 0 aromatic heterocycles. The van der Waals surface area contributed by atoms with Gasteiger partial charge in [-0.2, -0.15) is 0 Å². The number of rotatable bonds is 4. The van der Waals surface area contributed by atoms with E-state index in [0.717, 1.165) is 5.56 Å². The number of hydrogen-bond acceptors (Lipinski definition) is 5. The van der Waals surface area contributed by atoms with Crippen LogP contribution in [0.4, 0.5) is 4.79 Å². The molecule has 1 aliphatic heterocycles. The van der Waals surface area contributed by atoms with Gasteiger partial charge in [-0.3, -0.25) is 4.90 Å². The smallest absolute Gasteiger partial charge is 0.410 e. The lowest BCUT2D eigenvalue weighted by Gasteiger charge is -2.47. The Morgan fingerprint density at radius 2 is 1.96 bits per heavy atom. The van der Waals surface area contributed by atoms with Gasteiger partial charge < -0.3 is 19.5 Å². The number of hydrogen-bond donors (Lipinski definition) is 1. The van der Waals surface area contributed by atoms with Crippen LogP contribution >= 0.6 is 0 Å². The predicted octanol–water partition coefficient (Wildman–Crippen LogP) is 2.46. The maximum Gasteiger partial charge on any atom is 0.410 e. The van der Waals surface area contributed by atoms with Gasteiger partial charge in [-0.1, -0.05) is 30.3 Å². The minimum absolute atomic E-state index is 0.288. The molecular weight excluding hydrogens is 320 g/mol. The van der Waals surface area contributed by atoms with Gasteiger partial charge in [-0.05, 0) is 40.4 Å². The highest BCUT2D eigenvalue weighted by molar-refractivity contribution is 5.68. The summed E-state index contributed by atoms with van der Waals surface area (Å²) in [4.78, 5) is 15.7. The Balaban J connectivity index is 2.08. The van der Waals surface area contributed by atoms with Crippen LogP contribution in [-0.2, 0) is 16.1 Å². The van der Waals surface area contributed by atoms with Gasteiger partial charge in [-0.25, -0.2) is 4.79 Å². The van der Waals surface area contributed by atoms with Gasteiger partial charge in [0.15, 0.2) is 0 Å². The molecule has 1 amide bonds. The zero-order valence-electron chi connectivity index (χ0n) is 15.9. The summed E-state index contributed by atoms with van der Waals surface area (Å²) < 4.78 is 11.5. The standard InChI is InChI=1S/C19H30N2O4/c1-18(2,3)25-17(22)21-12-11-19(23,20(4)5)16(13-21)24-14-15-9-7-6-8-10-15/h6-10,16,23H,11-14H2,1-5H3. The van der Waals surface area contributed by atoms with Crippen molar-refractivity contribution in [2.75, 3.05) is 27.2 Å². The highest BCUT2D eigenvalue weighted by Crippen LogP contribution is 2.28. The topological polar surface area (TPSA) is 62.2 Å². The van der Waals surface area contributed by atoms with Crippen molar-refractivity contribution >= 4 is 6.09 Å². The number of nitrogens with zero attached hydrogens (tertiary/aromatic N) is 2. The minimum atomic E-state index is -1.12. The molecule has 1 fully saturated rings. The van der Waals surface area contributed by atoms with Crippen molar-refractivity contribution in [3.05, 3.63) is 35.9 Å². The van der Waals surface area contributed by atoms with E-state index in [1.165, 1.54) is 0 Å². The predicted molar refractivity (Wildman–Crippen MR) is 96.1 cm³/mol. The van der Waals surface area contributed by atoms with Crippen molar-refractivity contribution in [2.45, 2.75) is 51.2 Å². The molecule has 0 spiro atoms. The van der Waals surface area contributed by atoms with Gasteiger partial charge in [0.2, 0.25) is 0 Å². The van der Waals surface area contributed by atoms with E-state index in [2.05, 4.69) is 0 Å². The first-order valence-corrected chi connectivity index (χ1v) is 8.65. The molecule has 25 heavy (non-hydrogen) atoms. The largest absolute Gasteiger partial charge is 0.444 e. The van der Waals surface area contributed by atoms with E-state index in [-0.39, 0.29) is 12.6 Å². The highest BCUT2D eigenvalue weighted by Gasteiger charge is 2.46. The first kappa shape index (κ1) is 19.7. The molecule has 6 nitrogen and oxygen atoms in total. The van der Waals surface area contributed by atoms with Crippen LogP contribution in [-0.4, -0.2) is 65.6 Å². The van der Waals surface area contributed by atoms with Crippen molar-refractivity contribution in [1.29, 1.82) is 0 Å². The van der Waals surface area contributed by atoms with E-state index >= 15 is 0 Å². The summed E-state index contributed by atoms with van der Waals surface area (Å²) in [5.74, 6) is 0. The number of likely N-dealkylation sites (N-methyl/N-ethyl adjacent to an activating group) is 1. The molecule has 2 rings (SSSR count). The molecule has 1 saturated heterocycles. The maximum atomic E-state index is 12.4. The Bertz CT molecular complexity index is 571. The van der Waals surface area contributed by atoms with Gasteiger partial charge in [0.1, 0.15) is 17.4 Å². The van der Waals surface area contributed by atoms with E-state index in [9.17, 15) is 9.90 Å². The van der Waals surface area contributed by atoms with Gasteiger partial charge in [0.05, 0.1) is 13.2 Å². The van der Waals surface area contributed by atoms with Crippen LogP contribution in [0.3, 0.4) is 0 Å². The number of carbonyl (C=O) groups excluding carboxylic acids is 1. The number of benzene rings is 1. The monoisotopic (exact) mass is 350 g/mol. The van der Waals surface area contributed by atoms with Crippen LogP contribution in [0.1, 0.15) is 32.8 Å². The van der Waals surface area contributed by atoms with Gasteiger partial charge in [-0.15, -0.1) is 0 Å². The average molecular weight is 350 g/mol. The van der Waals surface area contributed by atoms with Crippen molar-refractivity contribution in [3.63, 3.8) is 0 Å². The number of aliphatic hydroxyl groups is 1. The number of ether oxygens (including phenoxy) is 2. The zero-order valence-corrected chi connectivity index (χ0v) is 15.9. The van der Waals surface area contributed by atoms with E-state index in [1.807, 2.05) is 65.2 Å². The quantitative estimate of drug-likeness (QED) is 0.845. The molecule has 0 bridgehead atoms. The Kier molecular flexibility index (Phi) is 6.08. The van der Waals surface area contributed by atoms with Gasteiger partial charge >= 0.3 is 6.09 Å². The Labute approximate surface area is 150 Å². The fourth-order valence-electron chi connectivity index (χ4n) is 2.86. The molecule has 1 heterocycles. The summed E-state index contributed by atoms with van der Waals surface area (Å²) in [6.07, 6.45) is -0.496. The summed E-state index contributed by atoms with van der Waals surface area (Å²) in [5, 5.41) is 11.0. The highest BCUT2D eigenvalue weighted by atomic mass is 16.6. The first-order chi connectivity index (χ1) is 11.6. The van der Waals surface area contributed by atoms with E-state index in [0.29, 0.717) is 19.6 Å². The summed E-state index contributed by atoms with van der Waals surface area (Å²) >= 11 is 0. The normalized spacial score (nSPS) is 24.4. The van der Waals surface area contributed by atoms with E-state index < -0.39 is 17.4 Å². The van der Waals surface area contributed by atoms with Gasteiger partial charge in [0.25, 0.3) is 0 Å². The van der Waals surface area contributed by atoms with E-state index in [4.69, 9.17) is 9.47 Å². The minimum Gasteiger partial charge on any atom is -0.444 e. The average Bonchev–Trinajstić information content (AvgIpc) is 2.53. The van der Waals surface area contributed by atoms with Crippen molar-refractivity contribution in [1.82, 2.24) is 9.80 Å². The SMILES string of the molecule is CN(C)C1(O)CCN(C(=O)OC(C)(C)C)CC1OCc1ccccc1. The van der Waals surface area contributed by atoms with Crippen LogP contribution in [0.15, 0.2) is 30.3 Å². The lowest BCUT2D eigenvalue weighted by molar-refractivity contribution is -0.211. The Morgan fingerprint density at radius 1 is 1.32 bits per heavy atom. The molecule has 1 aromatic carbocycles. The Hall–Kier alpha value is -1.63. The molecule has 0 aliphatic carbocycles. The van der Waals surface area contributed by atoms with Crippen LogP contribution in [0, 0.1) is 0 Å². The van der Waals surface area contributed by atoms with Crippen molar-refractivity contribution < 1.29 is 19.4 Å². The second kappa shape index (κ2) is 7.72. The van der Waals surface area contributed by atoms with Gasteiger partial charge in [0, 0.05) is 13.0 Å². The van der Waals surface area contributed by atoms with Crippen LogP contribution in [0.5, 0.6) is 0 Å². The summed E-state index contributed by atoms with van der Waals surface area (Å²) in [5.41, 5.74) is -0.641. The van der Waals surface area contributed by atoms with Crippen LogP contribution < -0.4 is 0 Å². The van der Waals surface area contributed by atoms with E-state index in [1.54, 1.807) is 9.80 Å². The molecule has 0 radical (unpaired) electrons. The second-order valence-corrected chi connectivity index (χ2v) is 7.73. The second-order valence-electron chi connectivity index (χ2n) is 7.73. The third-order valence-electron chi connectivity index (χ3n) is 4.37. The molecule has 2 atom stereocenters. The fourth-order valence-corrected chi connectivity index (χ4v) is 2.86. The summed E-state index contributed by atoms with van der Waals surface area (Å²) in [6, 6.07) is 9.80. The van der Waals surface area contributed by atoms with Crippen molar-refractivity contribution in [3.8, 4) is 0 Å². The van der Waals surface area contributed by atoms with Crippen LogP contribution in [0.2, 0.25) is 0 Å². The Morgan fingerprint density at radius 3 is 2.52 bits per heavy atom. The number of piperidine rings is 1. The molecule has 1 aromatic rings.